The Balaban J connectivity index is 3.14. The van der Waals surface area contributed by atoms with E-state index in [2.05, 4.69) is 5.32 Å². The zero-order valence-corrected chi connectivity index (χ0v) is 12.1. The van der Waals surface area contributed by atoms with E-state index in [1.165, 1.54) is 27.7 Å². The van der Waals surface area contributed by atoms with Crippen molar-refractivity contribution in [3.8, 4) is 0 Å². The molecule has 7 heteroatoms. The molecule has 0 spiro atoms. The zero-order chi connectivity index (χ0) is 16.6. The fourth-order valence-corrected chi connectivity index (χ4v) is 1.38. The van der Waals surface area contributed by atoms with Crippen LogP contribution in [0, 0.1) is 5.82 Å². The lowest BCUT2D eigenvalue weighted by Gasteiger charge is -2.38. The van der Waals surface area contributed by atoms with E-state index in [1.54, 1.807) is 0 Å². The number of hydrogen-bond acceptors (Lipinski definition) is 2. The topological polar surface area (TPSA) is 49.3 Å². The van der Waals surface area contributed by atoms with Gasteiger partial charge in [-0.15, -0.1) is 0 Å². The SMILES string of the molecule is CC(C)(O)C(C)(C)NC(=O)c1cc(C(F)(F)F)ccc1F. The van der Waals surface area contributed by atoms with Gasteiger partial charge >= 0.3 is 6.18 Å². The normalized spacial score (nSPS) is 13.2. The molecule has 118 valence electrons. The minimum Gasteiger partial charge on any atom is -0.388 e. The molecule has 3 nitrogen and oxygen atoms in total. The van der Waals surface area contributed by atoms with E-state index in [-0.39, 0.29) is 0 Å². The molecule has 0 saturated carbocycles. The summed E-state index contributed by atoms with van der Waals surface area (Å²) < 4.78 is 51.4. The number of hydrogen-bond donors (Lipinski definition) is 2. The summed E-state index contributed by atoms with van der Waals surface area (Å²) >= 11 is 0. The van der Waals surface area contributed by atoms with Crippen LogP contribution in [0.25, 0.3) is 0 Å². The lowest BCUT2D eigenvalue weighted by Crippen LogP contribution is -2.57. The van der Waals surface area contributed by atoms with Crippen LogP contribution in [0.1, 0.15) is 43.6 Å². The van der Waals surface area contributed by atoms with Gasteiger partial charge in [0.15, 0.2) is 0 Å². The quantitative estimate of drug-likeness (QED) is 0.843. The van der Waals surface area contributed by atoms with E-state index in [1.807, 2.05) is 0 Å². The summed E-state index contributed by atoms with van der Waals surface area (Å²) in [5, 5.41) is 12.2. The van der Waals surface area contributed by atoms with Crippen LogP contribution in [-0.4, -0.2) is 22.2 Å². The van der Waals surface area contributed by atoms with Gasteiger partial charge in [-0.2, -0.15) is 13.2 Å². The Hall–Kier alpha value is -1.63. The van der Waals surface area contributed by atoms with Gasteiger partial charge in [-0.3, -0.25) is 4.79 Å². The van der Waals surface area contributed by atoms with E-state index in [4.69, 9.17) is 0 Å². The number of carbonyl (C=O) groups is 1. The van der Waals surface area contributed by atoms with Crippen LogP contribution in [0.15, 0.2) is 18.2 Å². The Labute approximate surface area is 120 Å². The number of rotatable bonds is 3. The first-order valence-electron chi connectivity index (χ1n) is 6.17. The first-order valence-corrected chi connectivity index (χ1v) is 6.17. The largest absolute Gasteiger partial charge is 0.416 e. The van der Waals surface area contributed by atoms with E-state index >= 15 is 0 Å². The van der Waals surface area contributed by atoms with Crippen molar-refractivity contribution >= 4 is 5.91 Å². The number of carbonyl (C=O) groups excluding carboxylic acids is 1. The molecule has 1 rings (SSSR count). The minimum absolute atomic E-state index is 0.450. The van der Waals surface area contributed by atoms with Crippen molar-refractivity contribution in [2.24, 2.45) is 0 Å². The monoisotopic (exact) mass is 307 g/mol. The van der Waals surface area contributed by atoms with E-state index < -0.39 is 40.2 Å². The van der Waals surface area contributed by atoms with Crippen LogP contribution in [0.3, 0.4) is 0 Å². The minimum atomic E-state index is -4.67. The highest BCUT2D eigenvalue weighted by Gasteiger charge is 2.37. The maximum atomic E-state index is 13.6. The summed E-state index contributed by atoms with van der Waals surface area (Å²) in [5.74, 6) is -2.09. The number of halogens is 4. The highest BCUT2D eigenvalue weighted by atomic mass is 19.4. The smallest absolute Gasteiger partial charge is 0.388 e. The average molecular weight is 307 g/mol. The van der Waals surface area contributed by atoms with Gasteiger partial charge in [0, 0.05) is 0 Å². The van der Waals surface area contributed by atoms with Crippen molar-refractivity contribution in [1.29, 1.82) is 0 Å². The average Bonchev–Trinajstić information content (AvgIpc) is 2.25. The summed E-state index contributed by atoms with van der Waals surface area (Å²) in [7, 11) is 0. The predicted octanol–water partition coefficient (Wildman–Crippen LogP) is 3.12. The molecule has 1 aromatic carbocycles. The molecule has 0 aliphatic heterocycles. The van der Waals surface area contributed by atoms with Crippen molar-refractivity contribution in [2.45, 2.75) is 45.0 Å². The third-order valence-electron chi connectivity index (χ3n) is 3.49. The van der Waals surface area contributed by atoms with Crippen LogP contribution < -0.4 is 5.32 Å². The second kappa shape index (κ2) is 5.29. The Morgan fingerprint density at radius 1 is 1.14 bits per heavy atom. The molecular formula is C14H17F4NO2. The molecule has 0 atom stereocenters. The Kier molecular flexibility index (Phi) is 4.39. The van der Waals surface area contributed by atoms with Crippen molar-refractivity contribution in [3.63, 3.8) is 0 Å². The van der Waals surface area contributed by atoms with E-state index in [9.17, 15) is 27.5 Å². The molecule has 0 aliphatic carbocycles. The van der Waals surface area contributed by atoms with Crippen molar-refractivity contribution in [1.82, 2.24) is 5.32 Å². The lowest BCUT2D eigenvalue weighted by molar-refractivity contribution is -0.137. The fraction of sp³-hybridized carbons (Fsp3) is 0.500. The Morgan fingerprint density at radius 2 is 1.67 bits per heavy atom. The molecule has 0 fully saturated rings. The summed E-state index contributed by atoms with van der Waals surface area (Å²) in [4.78, 5) is 12.0. The Morgan fingerprint density at radius 3 is 2.10 bits per heavy atom. The zero-order valence-electron chi connectivity index (χ0n) is 12.1. The van der Waals surface area contributed by atoms with Crippen molar-refractivity contribution in [3.05, 3.63) is 35.1 Å². The molecule has 0 saturated heterocycles. The molecule has 1 aromatic rings. The van der Waals surface area contributed by atoms with Gasteiger partial charge in [0.2, 0.25) is 0 Å². The molecule has 2 N–H and O–H groups in total. The molecule has 0 aliphatic rings. The van der Waals surface area contributed by atoms with E-state index in [0.717, 1.165) is 0 Å². The van der Waals surface area contributed by atoms with Gasteiger partial charge < -0.3 is 10.4 Å². The summed E-state index contributed by atoms with van der Waals surface area (Å²) in [6, 6.07) is 1.60. The first kappa shape index (κ1) is 17.4. The number of amides is 1. The number of benzene rings is 1. The molecule has 0 bridgehead atoms. The van der Waals surface area contributed by atoms with Gasteiger partial charge in [0.25, 0.3) is 5.91 Å². The molecule has 0 aromatic heterocycles. The Bertz CT molecular complexity index is 545. The standard InChI is InChI=1S/C14H17F4NO2/c1-12(2,13(3,4)21)19-11(20)9-7-8(14(16,17)18)5-6-10(9)15/h5-7,21H,1-4H3,(H,19,20). The van der Waals surface area contributed by atoms with Crippen molar-refractivity contribution in [2.75, 3.05) is 0 Å². The molecule has 21 heavy (non-hydrogen) atoms. The third-order valence-corrected chi connectivity index (χ3v) is 3.49. The van der Waals surface area contributed by atoms with Crippen LogP contribution in [0.5, 0.6) is 0 Å². The maximum Gasteiger partial charge on any atom is 0.416 e. The maximum absolute atomic E-state index is 13.6. The van der Waals surface area contributed by atoms with Gasteiger partial charge in [0.05, 0.1) is 22.3 Å². The van der Waals surface area contributed by atoms with Crippen LogP contribution in [-0.2, 0) is 6.18 Å². The number of aliphatic hydroxyl groups is 1. The van der Waals surface area contributed by atoms with Crippen LogP contribution in [0.4, 0.5) is 17.6 Å². The van der Waals surface area contributed by atoms with Gasteiger partial charge in [-0.05, 0) is 45.9 Å². The molecule has 0 radical (unpaired) electrons. The molecule has 0 unspecified atom stereocenters. The van der Waals surface area contributed by atoms with Gasteiger partial charge in [-0.1, -0.05) is 0 Å². The predicted molar refractivity (Wildman–Crippen MR) is 69.2 cm³/mol. The first-order chi connectivity index (χ1) is 9.25. The molecule has 1 amide bonds. The summed E-state index contributed by atoms with van der Waals surface area (Å²) in [5.41, 5.74) is -4.34. The van der Waals surface area contributed by atoms with Crippen molar-refractivity contribution < 1.29 is 27.5 Å². The highest BCUT2D eigenvalue weighted by Crippen LogP contribution is 2.30. The number of alkyl halides is 3. The third kappa shape index (κ3) is 3.93. The highest BCUT2D eigenvalue weighted by molar-refractivity contribution is 5.95. The number of nitrogens with one attached hydrogen (secondary N) is 1. The van der Waals surface area contributed by atoms with Crippen LogP contribution >= 0.6 is 0 Å². The molecular weight excluding hydrogens is 290 g/mol. The summed E-state index contributed by atoms with van der Waals surface area (Å²) in [6.07, 6.45) is -4.67. The fourth-order valence-electron chi connectivity index (χ4n) is 1.38. The second-order valence-electron chi connectivity index (χ2n) is 5.83. The molecule has 0 heterocycles. The van der Waals surface area contributed by atoms with E-state index in [0.29, 0.717) is 18.2 Å². The lowest BCUT2D eigenvalue weighted by atomic mass is 9.85. The van der Waals surface area contributed by atoms with Crippen LogP contribution in [0.2, 0.25) is 0 Å². The summed E-state index contributed by atoms with van der Waals surface area (Å²) in [6.45, 7) is 5.82. The van der Waals surface area contributed by atoms with Gasteiger partial charge in [-0.25, -0.2) is 4.39 Å². The van der Waals surface area contributed by atoms with Gasteiger partial charge in [0.1, 0.15) is 5.82 Å². The second-order valence-corrected chi connectivity index (χ2v) is 5.83.